The molecule has 1 atom stereocenters. The third-order valence-corrected chi connectivity index (χ3v) is 3.53. The minimum Gasteiger partial charge on any atom is -0.347 e. The summed E-state index contributed by atoms with van der Waals surface area (Å²) in [6.45, 7) is 3.98. The first-order valence-electron chi connectivity index (χ1n) is 5.91. The van der Waals surface area contributed by atoms with Crippen LogP contribution in [0.1, 0.15) is 45.1 Å². The Hall–Kier alpha value is -0.870. The quantitative estimate of drug-likeness (QED) is 0.750. The normalized spacial score (nSPS) is 14.0. The molecule has 18 heavy (non-hydrogen) atoms. The second-order valence-corrected chi connectivity index (χ2v) is 4.64. The number of carbonyl (C=O) groups excluding carboxylic acids is 1. The molecule has 0 aliphatic carbocycles. The average molecular weight is 291 g/mol. The number of hydrogen-bond acceptors (Lipinski definition) is 4. The monoisotopic (exact) mass is 290 g/mol. The Balaban J connectivity index is 3.16. The predicted octanol–water partition coefficient (Wildman–Crippen LogP) is 3.67. The lowest BCUT2D eigenvalue weighted by Gasteiger charge is -2.28. The second-order valence-electron chi connectivity index (χ2n) is 4.14. The molecule has 1 heterocycles. The molecule has 6 heteroatoms. The Morgan fingerprint density at radius 1 is 1.39 bits per heavy atom. The van der Waals surface area contributed by atoms with Crippen molar-refractivity contribution in [2.24, 2.45) is 0 Å². The highest BCUT2D eigenvalue weighted by molar-refractivity contribution is 6.28. The van der Waals surface area contributed by atoms with Crippen LogP contribution in [0.5, 0.6) is 0 Å². The Labute approximate surface area is 117 Å². The molecule has 0 spiro atoms. The van der Waals surface area contributed by atoms with Crippen LogP contribution in [0.2, 0.25) is 5.28 Å². The molecule has 1 aromatic heterocycles. The molecule has 0 aliphatic rings. The number of aromatic nitrogens is 2. The van der Waals surface area contributed by atoms with Gasteiger partial charge in [-0.1, -0.05) is 26.7 Å². The van der Waals surface area contributed by atoms with E-state index in [1.807, 2.05) is 6.92 Å². The van der Waals surface area contributed by atoms with Crippen LogP contribution in [0, 0.1) is 0 Å². The summed E-state index contributed by atoms with van der Waals surface area (Å²) in [5.74, 6) is -0.467. The smallest absolute Gasteiger partial charge is 0.335 e. The molecule has 1 aromatic rings. The van der Waals surface area contributed by atoms with Gasteiger partial charge in [-0.15, -0.1) is 0 Å². The number of rotatable bonds is 6. The first kappa shape index (κ1) is 15.2. The molecule has 0 aromatic carbocycles. The molecule has 1 unspecified atom stereocenters. The Morgan fingerprint density at radius 2 is 2.00 bits per heavy atom. The first-order valence-corrected chi connectivity index (χ1v) is 6.60. The van der Waals surface area contributed by atoms with Gasteiger partial charge in [-0.05, 0) is 24.4 Å². The molecule has 0 radical (unpaired) electrons. The van der Waals surface area contributed by atoms with Gasteiger partial charge in [-0.3, -0.25) is 0 Å². The molecule has 100 valence electrons. The van der Waals surface area contributed by atoms with Crippen LogP contribution >= 0.6 is 23.5 Å². The summed E-state index contributed by atoms with van der Waals surface area (Å²) >= 11 is 10.9. The van der Waals surface area contributed by atoms with Crippen LogP contribution in [0.15, 0.2) is 12.4 Å². The van der Waals surface area contributed by atoms with Crippen molar-refractivity contribution in [3.63, 3.8) is 0 Å². The van der Waals surface area contributed by atoms with Gasteiger partial charge in [0, 0.05) is 18.0 Å². The molecular weight excluding hydrogens is 275 g/mol. The van der Waals surface area contributed by atoms with E-state index >= 15 is 0 Å². The second kappa shape index (κ2) is 6.90. The van der Waals surface area contributed by atoms with Crippen molar-refractivity contribution < 1.29 is 9.08 Å². The Morgan fingerprint density at radius 3 is 2.44 bits per heavy atom. The highest BCUT2D eigenvalue weighted by Crippen LogP contribution is 2.35. The van der Waals surface area contributed by atoms with E-state index in [-0.39, 0.29) is 5.28 Å². The highest BCUT2D eigenvalue weighted by Gasteiger charge is 2.40. The number of carbonyl (C=O) groups is 1. The number of unbranched alkanes of at least 4 members (excludes halogenated alkanes) is 1. The summed E-state index contributed by atoms with van der Waals surface area (Å²) in [6, 6.07) is 0. The lowest BCUT2D eigenvalue weighted by Crippen LogP contribution is -2.36. The van der Waals surface area contributed by atoms with Gasteiger partial charge in [0.15, 0.2) is 0 Å². The van der Waals surface area contributed by atoms with Crippen molar-refractivity contribution in [1.29, 1.82) is 0 Å². The van der Waals surface area contributed by atoms with E-state index in [1.54, 1.807) is 12.4 Å². The average Bonchev–Trinajstić information content (AvgIpc) is 2.41. The SMILES string of the molecule is CCCCC(CC)(C(=O)OCl)c1cnc(Cl)nc1. The topological polar surface area (TPSA) is 52.1 Å². The summed E-state index contributed by atoms with van der Waals surface area (Å²) in [6.07, 6.45) is 6.21. The molecular formula is C12H16Cl2N2O2. The van der Waals surface area contributed by atoms with Gasteiger partial charge in [0.2, 0.25) is 5.28 Å². The lowest BCUT2D eigenvalue weighted by molar-refractivity contribution is -0.141. The summed E-state index contributed by atoms with van der Waals surface area (Å²) in [7, 11) is 0. The maximum atomic E-state index is 12.0. The third-order valence-electron chi connectivity index (χ3n) is 3.19. The van der Waals surface area contributed by atoms with Crippen molar-refractivity contribution in [1.82, 2.24) is 9.97 Å². The fourth-order valence-electron chi connectivity index (χ4n) is 2.00. The van der Waals surface area contributed by atoms with E-state index in [1.165, 1.54) is 0 Å². The maximum absolute atomic E-state index is 12.0. The highest BCUT2D eigenvalue weighted by atomic mass is 35.5. The van der Waals surface area contributed by atoms with Crippen LogP contribution in [0.3, 0.4) is 0 Å². The molecule has 0 amide bonds. The Kier molecular flexibility index (Phi) is 5.82. The fraction of sp³-hybridized carbons (Fsp3) is 0.583. The zero-order chi connectivity index (χ0) is 13.6. The standard InChI is InChI=1S/C12H16Cl2N2O2/c1-3-5-6-12(4-2,10(17)18-14)9-7-15-11(13)16-8-9/h7-8H,3-6H2,1-2H3. The molecule has 0 N–H and O–H groups in total. The van der Waals surface area contributed by atoms with Crippen molar-refractivity contribution in [3.8, 4) is 0 Å². The number of hydrogen-bond donors (Lipinski definition) is 0. The Bertz CT molecular complexity index is 398. The van der Waals surface area contributed by atoms with Crippen LogP contribution in [-0.4, -0.2) is 15.9 Å². The van der Waals surface area contributed by atoms with Gasteiger partial charge < -0.3 is 4.29 Å². The van der Waals surface area contributed by atoms with E-state index in [0.717, 1.165) is 12.8 Å². The molecule has 1 rings (SSSR count). The van der Waals surface area contributed by atoms with E-state index in [0.29, 0.717) is 18.4 Å². The van der Waals surface area contributed by atoms with Gasteiger partial charge in [0.05, 0.1) is 5.41 Å². The van der Waals surface area contributed by atoms with E-state index in [2.05, 4.69) is 21.2 Å². The lowest BCUT2D eigenvalue weighted by atomic mass is 9.75. The zero-order valence-electron chi connectivity index (χ0n) is 10.4. The number of nitrogens with zero attached hydrogens (tertiary/aromatic N) is 2. The van der Waals surface area contributed by atoms with Crippen LogP contribution in [0.25, 0.3) is 0 Å². The minimum atomic E-state index is -0.789. The van der Waals surface area contributed by atoms with E-state index in [4.69, 9.17) is 23.5 Å². The van der Waals surface area contributed by atoms with Crippen molar-refractivity contribution in [2.75, 3.05) is 0 Å². The van der Waals surface area contributed by atoms with Crippen molar-refractivity contribution in [2.45, 2.75) is 44.9 Å². The maximum Gasteiger partial charge on any atom is 0.335 e. The summed E-state index contributed by atoms with van der Waals surface area (Å²) in [5, 5.41) is 0.151. The summed E-state index contributed by atoms with van der Waals surface area (Å²) < 4.78 is 4.43. The molecule has 0 fully saturated rings. The predicted molar refractivity (Wildman–Crippen MR) is 70.5 cm³/mol. The molecule has 0 saturated carbocycles. The van der Waals surface area contributed by atoms with E-state index < -0.39 is 11.4 Å². The van der Waals surface area contributed by atoms with Gasteiger partial charge in [0.25, 0.3) is 0 Å². The largest absolute Gasteiger partial charge is 0.347 e. The minimum absolute atomic E-state index is 0.151. The fourth-order valence-corrected chi connectivity index (χ4v) is 2.25. The zero-order valence-corrected chi connectivity index (χ0v) is 12.0. The van der Waals surface area contributed by atoms with Gasteiger partial charge in [0.1, 0.15) is 11.9 Å². The molecule has 0 saturated heterocycles. The first-order chi connectivity index (χ1) is 8.60. The molecule has 0 bridgehead atoms. The van der Waals surface area contributed by atoms with Gasteiger partial charge in [-0.2, -0.15) is 0 Å². The third kappa shape index (κ3) is 3.12. The van der Waals surface area contributed by atoms with Gasteiger partial charge >= 0.3 is 5.97 Å². The van der Waals surface area contributed by atoms with Crippen LogP contribution < -0.4 is 0 Å². The molecule has 4 nitrogen and oxygen atoms in total. The van der Waals surface area contributed by atoms with E-state index in [9.17, 15) is 4.79 Å². The van der Waals surface area contributed by atoms with Crippen LogP contribution in [0.4, 0.5) is 0 Å². The summed E-state index contributed by atoms with van der Waals surface area (Å²) in [5.41, 5.74) is -0.101. The number of halogens is 2. The van der Waals surface area contributed by atoms with Crippen molar-refractivity contribution in [3.05, 3.63) is 23.2 Å². The van der Waals surface area contributed by atoms with Gasteiger partial charge in [-0.25, -0.2) is 14.8 Å². The molecule has 0 aliphatic heterocycles. The van der Waals surface area contributed by atoms with Crippen LogP contribution in [-0.2, 0) is 14.5 Å². The summed E-state index contributed by atoms with van der Waals surface area (Å²) in [4.78, 5) is 19.9. The van der Waals surface area contributed by atoms with Crippen molar-refractivity contribution >= 4 is 29.4 Å².